The third-order valence-electron chi connectivity index (χ3n) is 5.06. The Morgan fingerprint density at radius 3 is 3.00 bits per heavy atom. The summed E-state index contributed by atoms with van der Waals surface area (Å²) < 4.78 is 22.1. The van der Waals surface area contributed by atoms with E-state index in [1.165, 1.54) is 23.5 Å². The van der Waals surface area contributed by atoms with E-state index >= 15 is 0 Å². The summed E-state index contributed by atoms with van der Waals surface area (Å²) in [6.07, 6.45) is 2.70. The Bertz CT molecular complexity index is 1320. The highest BCUT2D eigenvalue weighted by atomic mass is 32.1. The number of anilines is 1. The van der Waals surface area contributed by atoms with Crippen LogP contribution in [0.1, 0.15) is 29.2 Å². The maximum Gasteiger partial charge on any atom is 0.166 e. The molecule has 4 aromatic rings. The van der Waals surface area contributed by atoms with Crippen LogP contribution in [0.3, 0.4) is 0 Å². The number of rotatable bonds is 0. The molecule has 0 amide bonds. The fourth-order valence-corrected chi connectivity index (χ4v) is 4.44. The van der Waals surface area contributed by atoms with Gasteiger partial charge in [-0.25, -0.2) is 19.3 Å². The van der Waals surface area contributed by atoms with Crippen molar-refractivity contribution in [1.29, 1.82) is 5.26 Å². The van der Waals surface area contributed by atoms with E-state index in [9.17, 15) is 9.65 Å². The molecule has 1 aliphatic rings. The summed E-state index contributed by atoms with van der Waals surface area (Å²) in [4.78, 5) is 14.0. The standard InChI is InChI=1S/C21H15FN6OS/c1-11-15-5-13(22)2-3-14(15)19-18(30-10-27-19)8-28-9-26-16(6-23)20(28)12-4-17(29-11)21(24)25-7-12/h2-5,7,9-11H,8H2,1H3,(H2,24,25). The monoisotopic (exact) mass is 418 g/mol. The van der Waals surface area contributed by atoms with Crippen LogP contribution >= 0.6 is 11.3 Å². The minimum absolute atomic E-state index is 0.208. The Morgan fingerprint density at radius 1 is 1.30 bits per heavy atom. The molecule has 0 aliphatic carbocycles. The van der Waals surface area contributed by atoms with Crippen LogP contribution in [-0.4, -0.2) is 19.5 Å². The Hall–Kier alpha value is -3.77. The summed E-state index contributed by atoms with van der Waals surface area (Å²) in [5.41, 5.74) is 11.6. The molecule has 7 nitrogen and oxygen atoms in total. The van der Waals surface area contributed by atoms with Crippen LogP contribution in [0.15, 0.2) is 42.3 Å². The zero-order valence-corrected chi connectivity index (χ0v) is 16.7. The van der Waals surface area contributed by atoms with Gasteiger partial charge in [0.25, 0.3) is 0 Å². The minimum Gasteiger partial charge on any atom is -0.482 e. The summed E-state index contributed by atoms with van der Waals surface area (Å²) in [6, 6.07) is 8.45. The largest absolute Gasteiger partial charge is 0.482 e. The van der Waals surface area contributed by atoms with Crippen molar-refractivity contribution in [2.75, 3.05) is 5.73 Å². The summed E-state index contributed by atoms with van der Waals surface area (Å²) in [5, 5.41) is 9.56. The molecule has 1 aliphatic heterocycles. The van der Waals surface area contributed by atoms with Gasteiger partial charge in [0, 0.05) is 22.9 Å². The lowest BCUT2D eigenvalue weighted by atomic mass is 9.99. The second-order valence-corrected chi connectivity index (χ2v) is 7.84. The van der Waals surface area contributed by atoms with Crippen LogP contribution in [0.2, 0.25) is 0 Å². The molecule has 1 aromatic carbocycles. The lowest BCUT2D eigenvalue weighted by molar-refractivity contribution is 0.227. The maximum atomic E-state index is 14.1. The molecule has 2 N–H and O–H groups in total. The second-order valence-electron chi connectivity index (χ2n) is 6.90. The summed E-state index contributed by atoms with van der Waals surface area (Å²) in [7, 11) is 0. The minimum atomic E-state index is -0.510. The van der Waals surface area contributed by atoms with Crippen LogP contribution in [0.5, 0.6) is 5.75 Å². The van der Waals surface area contributed by atoms with Gasteiger partial charge in [0.15, 0.2) is 17.3 Å². The number of nitrogen functional groups attached to an aromatic ring is 1. The molecule has 5 rings (SSSR count). The Morgan fingerprint density at radius 2 is 2.17 bits per heavy atom. The number of thiazole rings is 1. The van der Waals surface area contributed by atoms with Crippen molar-refractivity contribution in [3.8, 4) is 34.3 Å². The van der Waals surface area contributed by atoms with Crippen LogP contribution in [0.25, 0.3) is 22.5 Å². The Kier molecular flexibility index (Phi) is 4.22. The number of aromatic nitrogens is 4. The van der Waals surface area contributed by atoms with Crippen molar-refractivity contribution in [2.45, 2.75) is 19.6 Å². The van der Waals surface area contributed by atoms with E-state index in [1.807, 2.05) is 11.5 Å². The topological polar surface area (TPSA) is 103 Å². The summed E-state index contributed by atoms with van der Waals surface area (Å²) in [5.74, 6) is 0.203. The fourth-order valence-electron chi connectivity index (χ4n) is 3.66. The lowest BCUT2D eigenvalue weighted by Crippen LogP contribution is -2.10. The number of hydrogen-bond acceptors (Lipinski definition) is 7. The molecule has 30 heavy (non-hydrogen) atoms. The molecule has 1 unspecified atom stereocenters. The van der Waals surface area contributed by atoms with Gasteiger partial charge < -0.3 is 15.0 Å². The number of hydrogen-bond donors (Lipinski definition) is 1. The van der Waals surface area contributed by atoms with E-state index in [1.54, 1.807) is 30.2 Å². The summed E-state index contributed by atoms with van der Waals surface area (Å²) >= 11 is 1.49. The van der Waals surface area contributed by atoms with E-state index in [0.717, 1.165) is 16.1 Å². The third kappa shape index (κ3) is 2.89. The Balaban J connectivity index is 1.81. The highest BCUT2D eigenvalue weighted by molar-refractivity contribution is 7.10. The van der Waals surface area contributed by atoms with E-state index in [2.05, 4.69) is 21.0 Å². The zero-order chi connectivity index (χ0) is 20.8. The van der Waals surface area contributed by atoms with Gasteiger partial charge >= 0.3 is 0 Å². The summed E-state index contributed by atoms with van der Waals surface area (Å²) in [6.45, 7) is 2.28. The SMILES string of the molecule is CC1Oc2cc(cnc2N)-c2c(C#N)ncn2Cc2scnc2-c2ccc(F)cc21. The van der Waals surface area contributed by atoms with Gasteiger partial charge in [-0.3, -0.25) is 0 Å². The van der Waals surface area contributed by atoms with Crippen molar-refractivity contribution in [2.24, 2.45) is 0 Å². The number of nitriles is 1. The van der Waals surface area contributed by atoms with Crippen LogP contribution in [0.4, 0.5) is 10.2 Å². The average Bonchev–Trinajstić information content (AvgIpc) is 3.36. The van der Waals surface area contributed by atoms with Crippen molar-refractivity contribution >= 4 is 17.2 Å². The van der Waals surface area contributed by atoms with Gasteiger partial charge in [-0.2, -0.15) is 5.26 Å². The van der Waals surface area contributed by atoms with Crippen molar-refractivity contribution in [1.82, 2.24) is 19.5 Å². The number of imidazole rings is 1. The quantitative estimate of drug-likeness (QED) is 0.460. The number of pyridine rings is 1. The van der Waals surface area contributed by atoms with E-state index < -0.39 is 6.10 Å². The number of nitrogens with zero attached hydrogens (tertiary/aromatic N) is 5. The average molecular weight is 418 g/mol. The lowest BCUT2D eigenvalue weighted by Gasteiger charge is -2.21. The first-order chi connectivity index (χ1) is 14.5. The molecular formula is C21H15FN6OS. The van der Waals surface area contributed by atoms with Crippen molar-refractivity contribution in [3.05, 3.63) is 64.3 Å². The normalized spacial score (nSPS) is 14.9. The second kappa shape index (κ2) is 6.93. The third-order valence-corrected chi connectivity index (χ3v) is 5.88. The van der Waals surface area contributed by atoms with E-state index in [4.69, 9.17) is 10.5 Å². The first-order valence-corrected chi connectivity index (χ1v) is 10.0. The number of benzene rings is 1. The highest BCUT2D eigenvalue weighted by Gasteiger charge is 2.23. The van der Waals surface area contributed by atoms with Gasteiger partial charge in [-0.1, -0.05) is 0 Å². The maximum absolute atomic E-state index is 14.1. The van der Waals surface area contributed by atoms with Gasteiger partial charge in [0.05, 0.1) is 34.6 Å². The number of halogens is 1. The van der Waals surface area contributed by atoms with Gasteiger partial charge in [-0.05, 0) is 31.2 Å². The molecule has 2 bridgehead atoms. The first kappa shape index (κ1) is 18.3. The van der Waals surface area contributed by atoms with Crippen LogP contribution in [-0.2, 0) is 6.54 Å². The van der Waals surface area contributed by atoms with Crippen LogP contribution < -0.4 is 10.5 Å². The van der Waals surface area contributed by atoms with E-state index in [0.29, 0.717) is 29.1 Å². The highest BCUT2D eigenvalue weighted by Crippen LogP contribution is 2.38. The van der Waals surface area contributed by atoms with Gasteiger partial charge in [0.2, 0.25) is 0 Å². The molecule has 3 aromatic heterocycles. The number of ether oxygens (including phenoxy) is 1. The predicted molar refractivity (Wildman–Crippen MR) is 110 cm³/mol. The predicted octanol–water partition coefficient (Wildman–Crippen LogP) is 4.16. The number of fused-ring (bicyclic) bond motifs is 7. The molecule has 0 spiro atoms. The van der Waals surface area contributed by atoms with Gasteiger partial charge in [0.1, 0.15) is 18.0 Å². The molecule has 9 heteroatoms. The van der Waals surface area contributed by atoms with E-state index in [-0.39, 0.29) is 17.3 Å². The molecule has 4 heterocycles. The van der Waals surface area contributed by atoms with Crippen molar-refractivity contribution < 1.29 is 9.13 Å². The smallest absolute Gasteiger partial charge is 0.166 e. The Labute approximate surface area is 175 Å². The van der Waals surface area contributed by atoms with Crippen LogP contribution in [0, 0.1) is 17.1 Å². The fraction of sp³-hybridized carbons (Fsp3) is 0.143. The first-order valence-electron chi connectivity index (χ1n) is 9.15. The molecule has 0 fully saturated rings. The molecule has 0 saturated heterocycles. The number of nitrogens with two attached hydrogens (primary N) is 1. The van der Waals surface area contributed by atoms with Crippen molar-refractivity contribution in [3.63, 3.8) is 0 Å². The van der Waals surface area contributed by atoms with Gasteiger partial charge in [-0.15, -0.1) is 11.3 Å². The molecule has 1 atom stereocenters. The molecule has 0 radical (unpaired) electrons. The zero-order valence-electron chi connectivity index (χ0n) is 15.8. The molecule has 0 saturated carbocycles. The molecule has 148 valence electrons. The molecular weight excluding hydrogens is 403 g/mol.